The predicted molar refractivity (Wildman–Crippen MR) is 57.0 cm³/mol. The van der Waals surface area contributed by atoms with E-state index in [4.69, 9.17) is 0 Å². The zero-order valence-electron chi connectivity index (χ0n) is 8.49. The van der Waals surface area contributed by atoms with E-state index < -0.39 is 0 Å². The SMILES string of the molecule is O=c1ccnc2n1CCC1(CCNC1)N2. The van der Waals surface area contributed by atoms with E-state index in [0.717, 1.165) is 38.4 Å². The Kier molecular flexibility index (Phi) is 1.82. The van der Waals surface area contributed by atoms with Crippen molar-refractivity contribution in [1.29, 1.82) is 0 Å². The van der Waals surface area contributed by atoms with E-state index in [-0.39, 0.29) is 11.1 Å². The van der Waals surface area contributed by atoms with Crippen molar-refractivity contribution in [2.45, 2.75) is 24.9 Å². The van der Waals surface area contributed by atoms with Crippen LogP contribution in [0, 0.1) is 0 Å². The van der Waals surface area contributed by atoms with Gasteiger partial charge in [0, 0.05) is 25.4 Å². The molecular formula is C10H14N4O. The second kappa shape index (κ2) is 3.06. The van der Waals surface area contributed by atoms with Crippen LogP contribution < -0.4 is 16.2 Å². The highest BCUT2D eigenvalue weighted by molar-refractivity contribution is 5.34. The molecule has 3 rings (SSSR count). The van der Waals surface area contributed by atoms with Crippen molar-refractivity contribution in [3.63, 3.8) is 0 Å². The van der Waals surface area contributed by atoms with Gasteiger partial charge in [0.25, 0.3) is 5.56 Å². The largest absolute Gasteiger partial charge is 0.349 e. The molecule has 1 unspecified atom stereocenters. The summed E-state index contributed by atoms with van der Waals surface area (Å²) in [4.78, 5) is 15.8. The van der Waals surface area contributed by atoms with Crippen LogP contribution in [0.2, 0.25) is 0 Å². The quantitative estimate of drug-likeness (QED) is 0.616. The van der Waals surface area contributed by atoms with Gasteiger partial charge in [0.15, 0.2) is 0 Å². The average Bonchev–Trinajstić information content (AvgIpc) is 2.66. The summed E-state index contributed by atoms with van der Waals surface area (Å²) in [5.41, 5.74) is 0.161. The van der Waals surface area contributed by atoms with Gasteiger partial charge in [0.1, 0.15) is 0 Å². The van der Waals surface area contributed by atoms with Crippen molar-refractivity contribution in [2.75, 3.05) is 18.4 Å². The number of hydrogen-bond donors (Lipinski definition) is 2. The minimum Gasteiger partial charge on any atom is -0.349 e. The Balaban J connectivity index is 1.99. The molecule has 2 N–H and O–H groups in total. The molecule has 2 aliphatic heterocycles. The summed E-state index contributed by atoms with van der Waals surface area (Å²) in [7, 11) is 0. The lowest BCUT2D eigenvalue weighted by Crippen LogP contribution is -2.47. The number of fused-ring (bicyclic) bond motifs is 1. The molecule has 80 valence electrons. The van der Waals surface area contributed by atoms with E-state index in [1.807, 2.05) is 0 Å². The minimum atomic E-state index is 0.0355. The predicted octanol–water partition coefficient (Wildman–Crippen LogP) is -0.209. The number of hydrogen-bond acceptors (Lipinski definition) is 4. The second-order valence-electron chi connectivity index (χ2n) is 4.34. The smallest absolute Gasteiger partial charge is 0.254 e. The Morgan fingerprint density at radius 1 is 1.47 bits per heavy atom. The molecule has 2 aliphatic rings. The number of rotatable bonds is 0. The van der Waals surface area contributed by atoms with Crippen LogP contribution in [0.25, 0.3) is 0 Å². The molecule has 1 atom stereocenters. The summed E-state index contributed by atoms with van der Waals surface area (Å²) in [5, 5.41) is 6.75. The summed E-state index contributed by atoms with van der Waals surface area (Å²) < 4.78 is 1.71. The van der Waals surface area contributed by atoms with E-state index in [9.17, 15) is 4.79 Å². The standard InChI is InChI=1S/C10H14N4O/c15-8-1-4-12-9-13-10(2-5-11-7-10)3-6-14(8)9/h1,4,11H,2-3,5-7H2,(H,12,13). The number of nitrogens with zero attached hydrogens (tertiary/aromatic N) is 2. The molecule has 0 saturated carbocycles. The fourth-order valence-corrected chi connectivity index (χ4v) is 2.44. The first-order valence-electron chi connectivity index (χ1n) is 5.34. The van der Waals surface area contributed by atoms with E-state index >= 15 is 0 Å². The normalized spacial score (nSPS) is 28.8. The van der Waals surface area contributed by atoms with Gasteiger partial charge < -0.3 is 10.6 Å². The molecule has 1 aromatic rings. The lowest BCUT2D eigenvalue weighted by Gasteiger charge is -2.35. The zero-order valence-corrected chi connectivity index (χ0v) is 8.49. The maximum absolute atomic E-state index is 11.5. The molecule has 1 aromatic heterocycles. The third-order valence-electron chi connectivity index (χ3n) is 3.37. The van der Waals surface area contributed by atoms with Gasteiger partial charge in [0.05, 0.1) is 5.54 Å². The molecule has 15 heavy (non-hydrogen) atoms. The first-order valence-corrected chi connectivity index (χ1v) is 5.34. The summed E-state index contributed by atoms with van der Waals surface area (Å²) >= 11 is 0. The first-order chi connectivity index (χ1) is 7.29. The average molecular weight is 206 g/mol. The first kappa shape index (κ1) is 8.91. The molecular weight excluding hydrogens is 192 g/mol. The van der Waals surface area contributed by atoms with Gasteiger partial charge in [-0.05, 0) is 19.4 Å². The Bertz CT molecular complexity index is 433. The number of anilines is 1. The van der Waals surface area contributed by atoms with E-state index in [2.05, 4.69) is 15.6 Å². The highest BCUT2D eigenvalue weighted by atomic mass is 16.1. The van der Waals surface area contributed by atoms with E-state index in [1.54, 1.807) is 10.8 Å². The third kappa shape index (κ3) is 1.34. The molecule has 1 spiro atoms. The second-order valence-corrected chi connectivity index (χ2v) is 4.34. The van der Waals surface area contributed by atoms with Crippen molar-refractivity contribution in [3.05, 3.63) is 22.6 Å². The molecule has 0 aliphatic carbocycles. The fourth-order valence-electron chi connectivity index (χ4n) is 2.44. The van der Waals surface area contributed by atoms with Crippen LogP contribution in [-0.2, 0) is 6.54 Å². The van der Waals surface area contributed by atoms with Crippen LogP contribution in [0.4, 0.5) is 5.95 Å². The van der Waals surface area contributed by atoms with Gasteiger partial charge >= 0.3 is 0 Å². The van der Waals surface area contributed by atoms with Crippen LogP contribution in [-0.4, -0.2) is 28.2 Å². The van der Waals surface area contributed by atoms with Crippen LogP contribution in [0.15, 0.2) is 17.1 Å². The van der Waals surface area contributed by atoms with Gasteiger partial charge in [-0.3, -0.25) is 9.36 Å². The van der Waals surface area contributed by atoms with Crippen LogP contribution in [0.3, 0.4) is 0 Å². The molecule has 5 heteroatoms. The van der Waals surface area contributed by atoms with Crippen LogP contribution in [0.1, 0.15) is 12.8 Å². The third-order valence-corrected chi connectivity index (χ3v) is 3.37. The molecule has 3 heterocycles. The van der Waals surface area contributed by atoms with Crippen molar-refractivity contribution in [2.24, 2.45) is 0 Å². The molecule has 0 aromatic carbocycles. The van der Waals surface area contributed by atoms with Gasteiger partial charge in [-0.1, -0.05) is 0 Å². The van der Waals surface area contributed by atoms with Gasteiger partial charge in [-0.15, -0.1) is 0 Å². The van der Waals surface area contributed by atoms with Crippen molar-refractivity contribution < 1.29 is 0 Å². The van der Waals surface area contributed by atoms with Gasteiger partial charge in [-0.2, -0.15) is 0 Å². The molecule has 5 nitrogen and oxygen atoms in total. The zero-order chi connectivity index (χ0) is 10.3. The van der Waals surface area contributed by atoms with Crippen molar-refractivity contribution >= 4 is 5.95 Å². The Labute approximate surface area is 87.5 Å². The lowest BCUT2D eigenvalue weighted by atomic mass is 9.93. The lowest BCUT2D eigenvalue weighted by molar-refractivity contribution is 0.392. The van der Waals surface area contributed by atoms with Gasteiger partial charge in [0.2, 0.25) is 5.95 Å². The van der Waals surface area contributed by atoms with E-state index in [1.165, 1.54) is 6.07 Å². The Morgan fingerprint density at radius 3 is 3.20 bits per heavy atom. The monoisotopic (exact) mass is 206 g/mol. The van der Waals surface area contributed by atoms with Crippen LogP contribution >= 0.6 is 0 Å². The summed E-state index contributed by atoms with van der Waals surface area (Å²) in [5.74, 6) is 0.720. The molecule has 1 saturated heterocycles. The van der Waals surface area contributed by atoms with Crippen molar-refractivity contribution in [3.8, 4) is 0 Å². The van der Waals surface area contributed by atoms with Crippen LogP contribution in [0.5, 0.6) is 0 Å². The highest BCUT2D eigenvalue weighted by Gasteiger charge is 2.37. The number of aromatic nitrogens is 2. The fraction of sp³-hybridized carbons (Fsp3) is 0.600. The summed E-state index contributed by atoms with van der Waals surface area (Å²) in [6.45, 7) is 2.79. The summed E-state index contributed by atoms with van der Waals surface area (Å²) in [6.07, 6.45) is 3.68. The summed E-state index contributed by atoms with van der Waals surface area (Å²) in [6, 6.07) is 1.51. The molecule has 1 fully saturated rings. The topological polar surface area (TPSA) is 59.0 Å². The molecule has 0 bridgehead atoms. The Hall–Kier alpha value is -1.36. The Morgan fingerprint density at radius 2 is 2.40 bits per heavy atom. The molecule has 0 radical (unpaired) electrons. The maximum Gasteiger partial charge on any atom is 0.254 e. The number of nitrogens with one attached hydrogen (secondary N) is 2. The maximum atomic E-state index is 11.5. The highest BCUT2D eigenvalue weighted by Crippen LogP contribution is 2.28. The minimum absolute atomic E-state index is 0.0355. The van der Waals surface area contributed by atoms with Gasteiger partial charge in [-0.25, -0.2) is 4.98 Å². The van der Waals surface area contributed by atoms with Crippen molar-refractivity contribution in [1.82, 2.24) is 14.9 Å². The van der Waals surface area contributed by atoms with E-state index in [0.29, 0.717) is 0 Å². The molecule has 0 amide bonds.